The number of rotatable bonds is 9. The third-order valence-corrected chi connectivity index (χ3v) is 5.72. The summed E-state index contributed by atoms with van der Waals surface area (Å²) < 4.78 is 5.41. The zero-order valence-electron chi connectivity index (χ0n) is 17.4. The summed E-state index contributed by atoms with van der Waals surface area (Å²) in [6.45, 7) is 14.3. The van der Waals surface area contributed by atoms with Crippen LogP contribution in [0.1, 0.15) is 37.3 Å². The van der Waals surface area contributed by atoms with Gasteiger partial charge in [-0.3, -0.25) is 9.69 Å². The van der Waals surface area contributed by atoms with E-state index in [1.807, 2.05) is 4.90 Å². The van der Waals surface area contributed by atoms with Crippen LogP contribution in [0.15, 0.2) is 30.9 Å². The predicted octanol–water partition coefficient (Wildman–Crippen LogP) is 3.09. The zero-order chi connectivity index (χ0) is 19.8. The van der Waals surface area contributed by atoms with E-state index in [1.54, 1.807) is 0 Å². The highest BCUT2D eigenvalue weighted by Crippen LogP contribution is 2.28. The first kappa shape index (κ1) is 20.9. The number of aryl methyl sites for hydroxylation is 1. The number of hydrogen-bond acceptors (Lipinski definition) is 4. The largest absolute Gasteiger partial charge is 0.379 e. The summed E-state index contributed by atoms with van der Waals surface area (Å²) in [7, 11) is 0. The highest BCUT2D eigenvalue weighted by molar-refractivity contribution is 5.87. The van der Waals surface area contributed by atoms with Gasteiger partial charge in [-0.2, -0.15) is 0 Å². The van der Waals surface area contributed by atoms with Crippen LogP contribution in [0.3, 0.4) is 0 Å². The first-order valence-corrected chi connectivity index (χ1v) is 10.8. The number of anilines is 1. The van der Waals surface area contributed by atoms with Crippen molar-refractivity contribution in [2.45, 2.75) is 39.2 Å². The van der Waals surface area contributed by atoms with E-state index in [9.17, 15) is 4.79 Å². The molecule has 0 atom stereocenters. The fraction of sp³-hybridized carbons (Fsp3) is 0.609. The molecule has 2 aliphatic rings. The Morgan fingerprint density at radius 3 is 2.82 bits per heavy atom. The Hall–Kier alpha value is -1.85. The van der Waals surface area contributed by atoms with Gasteiger partial charge in [0.05, 0.1) is 13.2 Å². The maximum atomic E-state index is 12.4. The Morgan fingerprint density at radius 2 is 2.07 bits per heavy atom. The van der Waals surface area contributed by atoms with Crippen molar-refractivity contribution >= 4 is 11.6 Å². The number of amides is 1. The van der Waals surface area contributed by atoms with E-state index >= 15 is 0 Å². The summed E-state index contributed by atoms with van der Waals surface area (Å²) >= 11 is 0. The van der Waals surface area contributed by atoms with E-state index in [-0.39, 0.29) is 5.91 Å². The third kappa shape index (κ3) is 5.58. The molecule has 2 heterocycles. The van der Waals surface area contributed by atoms with Gasteiger partial charge in [-0.25, -0.2) is 0 Å². The summed E-state index contributed by atoms with van der Waals surface area (Å²) in [5.41, 5.74) is 4.03. The summed E-state index contributed by atoms with van der Waals surface area (Å²) in [6.07, 6.45) is 5.94. The molecule has 1 saturated heterocycles. The van der Waals surface area contributed by atoms with Crippen molar-refractivity contribution in [2.75, 3.05) is 57.4 Å². The molecule has 1 fully saturated rings. The summed E-state index contributed by atoms with van der Waals surface area (Å²) in [5.74, 6) is 0.0207. The number of morpholine rings is 1. The molecule has 3 rings (SSSR count). The maximum Gasteiger partial charge on any atom is 0.246 e. The number of hydrogen-bond donors (Lipinski definition) is 0. The molecular weight excluding hydrogens is 350 g/mol. The molecular formula is C23H35N3O2. The average Bonchev–Trinajstić information content (AvgIpc) is 2.73. The van der Waals surface area contributed by atoms with Crippen molar-refractivity contribution in [3.8, 4) is 0 Å². The lowest BCUT2D eigenvalue weighted by Gasteiger charge is -2.32. The van der Waals surface area contributed by atoms with Crippen molar-refractivity contribution in [3.05, 3.63) is 42.0 Å². The van der Waals surface area contributed by atoms with Crippen molar-refractivity contribution < 1.29 is 9.53 Å². The Balaban J connectivity index is 1.60. The standard InChI is InChI=1S/C23H35N3O2/c1-3-10-25-12-5-7-21-18-20(8-9-22(21)25)19-26(23(27)4-2)13-6-11-24-14-16-28-17-15-24/h4,8-9,18H,2-3,5-7,10-17,19H2,1H3. The fourth-order valence-corrected chi connectivity index (χ4v) is 4.26. The lowest BCUT2D eigenvalue weighted by molar-refractivity contribution is -0.126. The molecule has 0 spiro atoms. The van der Waals surface area contributed by atoms with Crippen LogP contribution in [-0.2, 0) is 22.5 Å². The van der Waals surface area contributed by atoms with Gasteiger partial charge in [-0.1, -0.05) is 25.6 Å². The second kappa shape index (κ2) is 10.6. The number of carbonyl (C=O) groups is 1. The molecule has 0 unspecified atom stereocenters. The zero-order valence-corrected chi connectivity index (χ0v) is 17.4. The number of ether oxygens (including phenoxy) is 1. The molecule has 0 bridgehead atoms. The van der Waals surface area contributed by atoms with Gasteiger partial charge in [-0.05, 0) is 49.0 Å². The molecule has 28 heavy (non-hydrogen) atoms. The van der Waals surface area contributed by atoms with E-state index in [1.165, 1.54) is 35.7 Å². The second-order valence-corrected chi connectivity index (χ2v) is 7.83. The second-order valence-electron chi connectivity index (χ2n) is 7.83. The lowest BCUT2D eigenvalue weighted by Crippen LogP contribution is -2.38. The van der Waals surface area contributed by atoms with Gasteiger partial charge in [0.2, 0.25) is 5.91 Å². The van der Waals surface area contributed by atoms with Crippen LogP contribution in [0.25, 0.3) is 0 Å². The predicted molar refractivity (Wildman–Crippen MR) is 115 cm³/mol. The Labute approximate surface area is 169 Å². The fourth-order valence-electron chi connectivity index (χ4n) is 4.26. The van der Waals surface area contributed by atoms with Crippen LogP contribution in [0.5, 0.6) is 0 Å². The van der Waals surface area contributed by atoms with Gasteiger partial charge in [0, 0.05) is 51.5 Å². The molecule has 0 aromatic heterocycles. The summed E-state index contributed by atoms with van der Waals surface area (Å²) in [6, 6.07) is 6.75. The van der Waals surface area contributed by atoms with Crippen LogP contribution in [0.4, 0.5) is 5.69 Å². The molecule has 5 heteroatoms. The Morgan fingerprint density at radius 1 is 1.25 bits per heavy atom. The third-order valence-electron chi connectivity index (χ3n) is 5.72. The van der Waals surface area contributed by atoms with Crippen LogP contribution in [-0.4, -0.2) is 68.2 Å². The molecule has 154 valence electrons. The Kier molecular flexibility index (Phi) is 7.92. The minimum Gasteiger partial charge on any atom is -0.379 e. The van der Waals surface area contributed by atoms with E-state index in [0.29, 0.717) is 6.54 Å². The minimum atomic E-state index is 0.0207. The number of nitrogens with zero attached hydrogens (tertiary/aromatic N) is 3. The number of fused-ring (bicyclic) bond motifs is 1. The van der Waals surface area contributed by atoms with Crippen molar-refractivity contribution in [1.82, 2.24) is 9.80 Å². The normalized spacial score (nSPS) is 17.2. The van der Waals surface area contributed by atoms with Crippen LogP contribution >= 0.6 is 0 Å². The topological polar surface area (TPSA) is 36.0 Å². The van der Waals surface area contributed by atoms with E-state index in [0.717, 1.165) is 65.3 Å². The van der Waals surface area contributed by atoms with Gasteiger partial charge < -0.3 is 14.5 Å². The molecule has 1 amide bonds. The van der Waals surface area contributed by atoms with Crippen molar-refractivity contribution in [3.63, 3.8) is 0 Å². The van der Waals surface area contributed by atoms with Gasteiger partial charge in [-0.15, -0.1) is 0 Å². The molecule has 0 radical (unpaired) electrons. The van der Waals surface area contributed by atoms with Crippen LogP contribution in [0, 0.1) is 0 Å². The number of benzene rings is 1. The molecule has 0 saturated carbocycles. The smallest absolute Gasteiger partial charge is 0.246 e. The molecule has 5 nitrogen and oxygen atoms in total. The quantitative estimate of drug-likeness (QED) is 0.612. The van der Waals surface area contributed by atoms with E-state index in [2.05, 4.69) is 41.5 Å². The summed E-state index contributed by atoms with van der Waals surface area (Å²) in [5, 5.41) is 0. The highest BCUT2D eigenvalue weighted by Gasteiger charge is 2.18. The minimum absolute atomic E-state index is 0.0207. The first-order chi connectivity index (χ1) is 13.7. The molecule has 0 aliphatic carbocycles. The van der Waals surface area contributed by atoms with Crippen LogP contribution in [0.2, 0.25) is 0 Å². The van der Waals surface area contributed by atoms with E-state index < -0.39 is 0 Å². The molecule has 1 aromatic carbocycles. The Bertz CT molecular complexity index is 655. The average molecular weight is 386 g/mol. The monoisotopic (exact) mass is 385 g/mol. The highest BCUT2D eigenvalue weighted by atomic mass is 16.5. The van der Waals surface area contributed by atoms with Crippen LogP contribution < -0.4 is 4.90 Å². The maximum absolute atomic E-state index is 12.4. The first-order valence-electron chi connectivity index (χ1n) is 10.8. The molecule has 2 aliphatic heterocycles. The SMILES string of the molecule is C=CC(=O)N(CCCN1CCOCC1)Cc1ccc2c(c1)CCCN2CCC. The molecule has 1 aromatic rings. The van der Waals surface area contributed by atoms with Gasteiger partial charge in [0.1, 0.15) is 0 Å². The van der Waals surface area contributed by atoms with Crippen molar-refractivity contribution in [1.29, 1.82) is 0 Å². The van der Waals surface area contributed by atoms with E-state index in [4.69, 9.17) is 4.74 Å². The van der Waals surface area contributed by atoms with Crippen molar-refractivity contribution in [2.24, 2.45) is 0 Å². The van der Waals surface area contributed by atoms with Gasteiger partial charge in [0.25, 0.3) is 0 Å². The van der Waals surface area contributed by atoms with Gasteiger partial charge >= 0.3 is 0 Å². The number of carbonyl (C=O) groups excluding carboxylic acids is 1. The lowest BCUT2D eigenvalue weighted by atomic mass is 9.98. The summed E-state index contributed by atoms with van der Waals surface area (Å²) in [4.78, 5) is 19.2. The van der Waals surface area contributed by atoms with Gasteiger partial charge in [0.15, 0.2) is 0 Å². The molecule has 0 N–H and O–H groups in total.